The summed E-state index contributed by atoms with van der Waals surface area (Å²) in [6, 6.07) is 28.8. The first-order valence-corrected chi connectivity index (χ1v) is 17.7. The summed E-state index contributed by atoms with van der Waals surface area (Å²) in [5.41, 5.74) is 7.86. The molecule has 2 aliphatic carbocycles. The quantitative estimate of drug-likeness (QED) is 0.216. The standard InChI is InChI=1S/C36H41N5O4Si/c1-35(2,3)46(26-11-7-5-8-12-26,27-13-9-6-10-14-27)45-21-36-19-28(36)30(41-23-40-29-33(37)38-22-39-34(29)41)31(32(36)42)44-20-24-15-17-25(43-4)18-16-24/h5-18,22-23,28,30-32,42H,19-21H2,1-4H3,(H2,37,38,39)/t28-,30-,31-,32?,36+/m1/s1. The Morgan fingerprint density at radius 1 is 0.935 bits per heavy atom. The molecule has 0 bridgehead atoms. The van der Waals surface area contributed by atoms with Gasteiger partial charge in [-0.1, -0.05) is 93.6 Å². The smallest absolute Gasteiger partial charge is 0.261 e. The first-order valence-electron chi connectivity index (χ1n) is 15.8. The lowest BCUT2D eigenvalue weighted by Crippen LogP contribution is -2.67. The molecule has 1 unspecified atom stereocenters. The zero-order valence-corrected chi connectivity index (χ0v) is 27.7. The summed E-state index contributed by atoms with van der Waals surface area (Å²) in [6.07, 6.45) is 2.74. The van der Waals surface area contributed by atoms with Crippen molar-refractivity contribution in [1.82, 2.24) is 19.5 Å². The van der Waals surface area contributed by atoms with Crippen LogP contribution in [0.15, 0.2) is 97.6 Å². The number of benzene rings is 3. The Morgan fingerprint density at radius 3 is 2.20 bits per heavy atom. The van der Waals surface area contributed by atoms with Crippen LogP contribution in [0.3, 0.4) is 0 Å². The van der Waals surface area contributed by atoms with Crippen molar-refractivity contribution in [2.24, 2.45) is 11.3 Å². The average molecular weight is 636 g/mol. The molecule has 5 aromatic rings. The van der Waals surface area contributed by atoms with Gasteiger partial charge in [-0.05, 0) is 45.4 Å². The maximum absolute atomic E-state index is 12.2. The van der Waals surface area contributed by atoms with Crippen LogP contribution < -0.4 is 20.8 Å². The highest BCUT2D eigenvalue weighted by Gasteiger charge is 2.73. The summed E-state index contributed by atoms with van der Waals surface area (Å²) < 4.78 is 21.4. The van der Waals surface area contributed by atoms with Crippen LogP contribution in [0.2, 0.25) is 5.04 Å². The maximum atomic E-state index is 12.2. The van der Waals surface area contributed by atoms with E-state index in [2.05, 4.69) is 84.3 Å². The first-order chi connectivity index (χ1) is 22.2. The van der Waals surface area contributed by atoms with Crippen molar-refractivity contribution in [3.8, 4) is 5.75 Å². The Labute approximate surface area is 270 Å². The molecule has 7 rings (SSSR count). The molecule has 2 aromatic heterocycles. The third kappa shape index (κ3) is 4.91. The first kappa shape index (κ1) is 30.6. The molecule has 0 saturated heterocycles. The van der Waals surface area contributed by atoms with Crippen molar-refractivity contribution in [2.45, 2.75) is 57.1 Å². The third-order valence-corrected chi connectivity index (χ3v) is 15.1. The molecule has 0 amide bonds. The molecule has 2 heterocycles. The predicted octanol–water partition coefficient (Wildman–Crippen LogP) is 4.50. The summed E-state index contributed by atoms with van der Waals surface area (Å²) in [5.74, 6) is 1.20. The number of ether oxygens (including phenoxy) is 2. The lowest BCUT2D eigenvalue weighted by Gasteiger charge is -2.44. The van der Waals surface area contributed by atoms with E-state index in [4.69, 9.17) is 19.6 Å². The lowest BCUT2D eigenvalue weighted by molar-refractivity contribution is -0.0775. The fourth-order valence-electron chi connectivity index (χ4n) is 7.69. The topological polar surface area (TPSA) is 118 Å². The SMILES string of the molecule is COc1ccc(CO[C@H]2C(O)[C@]3(CO[Si](c4ccccc4)(c4ccccc4)C(C)(C)C)C[C@@H]3[C@H]2n2cnc3c(N)ncnc32)cc1. The van der Waals surface area contributed by atoms with Crippen LogP contribution in [0, 0.1) is 11.3 Å². The summed E-state index contributed by atoms with van der Waals surface area (Å²) in [6.45, 7) is 7.58. The van der Waals surface area contributed by atoms with Crippen LogP contribution in [0.25, 0.3) is 11.2 Å². The molecule has 0 spiro atoms. The number of hydrogen-bond acceptors (Lipinski definition) is 8. The molecular formula is C36H41N5O4Si. The molecule has 2 aliphatic rings. The molecule has 9 nitrogen and oxygen atoms in total. The number of imidazole rings is 1. The molecule has 2 fully saturated rings. The molecule has 10 heteroatoms. The highest BCUT2D eigenvalue weighted by Crippen LogP contribution is 2.69. The van der Waals surface area contributed by atoms with Crippen LogP contribution in [0.4, 0.5) is 5.82 Å². The van der Waals surface area contributed by atoms with Gasteiger partial charge in [0.1, 0.15) is 23.7 Å². The van der Waals surface area contributed by atoms with Crippen LogP contribution in [-0.2, 0) is 15.8 Å². The second kappa shape index (κ2) is 11.6. The molecule has 46 heavy (non-hydrogen) atoms. The molecule has 3 aromatic carbocycles. The zero-order valence-electron chi connectivity index (χ0n) is 26.7. The molecular weight excluding hydrogens is 595 g/mol. The van der Waals surface area contributed by atoms with Gasteiger partial charge in [0.15, 0.2) is 11.5 Å². The van der Waals surface area contributed by atoms with E-state index in [0.29, 0.717) is 30.2 Å². The van der Waals surface area contributed by atoms with Crippen molar-refractivity contribution >= 4 is 35.7 Å². The van der Waals surface area contributed by atoms with Gasteiger partial charge in [-0.15, -0.1) is 0 Å². The highest BCUT2D eigenvalue weighted by atomic mass is 28.4. The molecule has 0 aliphatic heterocycles. The second-order valence-electron chi connectivity index (χ2n) is 13.6. The van der Waals surface area contributed by atoms with E-state index in [9.17, 15) is 5.11 Å². The van der Waals surface area contributed by atoms with Crippen LogP contribution >= 0.6 is 0 Å². The fourth-order valence-corrected chi connectivity index (χ4v) is 12.3. The van der Waals surface area contributed by atoms with E-state index >= 15 is 0 Å². The zero-order chi connectivity index (χ0) is 32.1. The highest BCUT2D eigenvalue weighted by molar-refractivity contribution is 6.99. The van der Waals surface area contributed by atoms with E-state index < -0.39 is 25.9 Å². The summed E-state index contributed by atoms with van der Waals surface area (Å²) in [5, 5.41) is 14.5. The Morgan fingerprint density at radius 2 is 1.59 bits per heavy atom. The monoisotopic (exact) mass is 635 g/mol. The number of anilines is 1. The number of aromatic nitrogens is 4. The largest absolute Gasteiger partial charge is 0.497 e. The van der Waals surface area contributed by atoms with Gasteiger partial charge in [0.2, 0.25) is 0 Å². The number of nitrogens with two attached hydrogens (primary N) is 1. The van der Waals surface area contributed by atoms with E-state index in [-0.39, 0.29) is 17.0 Å². The number of methoxy groups -OCH3 is 1. The van der Waals surface area contributed by atoms with Crippen LogP contribution in [-0.4, -0.2) is 58.9 Å². The van der Waals surface area contributed by atoms with E-state index in [1.165, 1.54) is 16.7 Å². The average Bonchev–Trinajstić information content (AvgIpc) is 3.55. The Hall–Kier alpha value is -4.09. The van der Waals surface area contributed by atoms with E-state index in [1.807, 2.05) is 41.0 Å². The predicted molar refractivity (Wildman–Crippen MR) is 180 cm³/mol. The number of nitrogen functional groups attached to an aromatic ring is 1. The third-order valence-electron chi connectivity index (χ3n) is 10.1. The minimum atomic E-state index is -2.83. The maximum Gasteiger partial charge on any atom is 0.261 e. The van der Waals surface area contributed by atoms with Gasteiger partial charge in [0, 0.05) is 12.0 Å². The van der Waals surface area contributed by atoms with Gasteiger partial charge in [0.05, 0.1) is 32.2 Å². The number of aliphatic hydroxyl groups excluding tert-OH is 1. The number of fused-ring (bicyclic) bond motifs is 2. The summed E-state index contributed by atoms with van der Waals surface area (Å²) in [7, 11) is -1.18. The summed E-state index contributed by atoms with van der Waals surface area (Å²) >= 11 is 0. The minimum absolute atomic E-state index is 0.0928. The van der Waals surface area contributed by atoms with Crippen molar-refractivity contribution in [3.05, 3.63) is 103 Å². The minimum Gasteiger partial charge on any atom is -0.497 e. The van der Waals surface area contributed by atoms with Crippen LogP contribution in [0.5, 0.6) is 5.75 Å². The normalized spacial score (nSPS) is 24.2. The van der Waals surface area contributed by atoms with Gasteiger partial charge in [-0.2, -0.15) is 0 Å². The van der Waals surface area contributed by atoms with Gasteiger partial charge < -0.3 is 29.3 Å². The number of hydrogen-bond donors (Lipinski definition) is 2. The fraction of sp³-hybridized carbons (Fsp3) is 0.361. The molecule has 0 radical (unpaired) electrons. The molecule has 238 valence electrons. The molecule has 5 atom stereocenters. The second-order valence-corrected chi connectivity index (χ2v) is 17.9. The van der Waals surface area contributed by atoms with Crippen molar-refractivity contribution in [3.63, 3.8) is 0 Å². The van der Waals surface area contributed by atoms with Gasteiger partial charge in [-0.25, -0.2) is 15.0 Å². The number of aliphatic hydroxyl groups is 1. The Bertz CT molecular complexity index is 1770. The van der Waals surface area contributed by atoms with Crippen molar-refractivity contribution in [1.29, 1.82) is 0 Å². The van der Waals surface area contributed by atoms with Gasteiger partial charge in [-0.3, -0.25) is 0 Å². The van der Waals surface area contributed by atoms with E-state index in [1.54, 1.807) is 13.4 Å². The van der Waals surface area contributed by atoms with Crippen molar-refractivity contribution in [2.75, 3.05) is 19.5 Å². The van der Waals surface area contributed by atoms with E-state index in [0.717, 1.165) is 17.7 Å². The Kier molecular flexibility index (Phi) is 7.71. The molecule has 3 N–H and O–H groups in total. The van der Waals surface area contributed by atoms with Crippen LogP contribution in [0.1, 0.15) is 38.8 Å². The molecule has 2 saturated carbocycles. The number of rotatable bonds is 10. The van der Waals surface area contributed by atoms with Gasteiger partial charge in [0.25, 0.3) is 8.32 Å². The summed E-state index contributed by atoms with van der Waals surface area (Å²) in [4.78, 5) is 13.3. The lowest BCUT2D eigenvalue weighted by atomic mass is 10.00. The number of nitrogens with zero attached hydrogens (tertiary/aromatic N) is 4. The van der Waals surface area contributed by atoms with Crippen molar-refractivity contribution < 1.29 is 19.0 Å². The van der Waals surface area contributed by atoms with Gasteiger partial charge >= 0.3 is 0 Å². The Balaban J connectivity index is 1.26.